The Kier molecular flexibility index (Phi) is 7.22. The molecule has 35 heavy (non-hydrogen) atoms. The molecular weight excluding hydrogens is 466 g/mol. The van der Waals surface area contributed by atoms with Gasteiger partial charge in [-0.3, -0.25) is 10.1 Å². The number of hydrogen-bond donors (Lipinski definition) is 1. The lowest BCUT2D eigenvalue weighted by atomic mass is 10.1. The molecule has 0 bridgehead atoms. The van der Waals surface area contributed by atoms with Crippen LogP contribution in [0, 0.1) is 10.1 Å². The summed E-state index contributed by atoms with van der Waals surface area (Å²) in [6.07, 6.45) is 1.80. The van der Waals surface area contributed by atoms with Gasteiger partial charge < -0.3 is 10.5 Å². The minimum atomic E-state index is -0.557. The number of nitro groups is 1. The molecule has 3 aromatic carbocycles. The molecule has 0 unspecified atom stereocenters. The van der Waals surface area contributed by atoms with Gasteiger partial charge in [0, 0.05) is 17.7 Å². The number of nitro benzene ring substituents is 1. The predicted molar refractivity (Wildman–Crippen MR) is 139 cm³/mol. The van der Waals surface area contributed by atoms with Gasteiger partial charge in [-0.25, -0.2) is 14.8 Å². The van der Waals surface area contributed by atoms with Crippen LogP contribution in [-0.4, -0.2) is 28.3 Å². The van der Waals surface area contributed by atoms with Gasteiger partial charge in [0.15, 0.2) is 0 Å². The average Bonchev–Trinajstić information content (AvgIpc) is 3.29. The summed E-state index contributed by atoms with van der Waals surface area (Å²) in [6.45, 7) is 1.92. The Labute approximate surface area is 205 Å². The van der Waals surface area contributed by atoms with Crippen molar-refractivity contribution < 1.29 is 14.5 Å². The van der Waals surface area contributed by atoms with E-state index in [1.807, 2.05) is 48.5 Å². The highest BCUT2D eigenvalue weighted by Crippen LogP contribution is 2.36. The zero-order chi connectivity index (χ0) is 24.8. The van der Waals surface area contributed by atoms with Crippen LogP contribution in [0.25, 0.3) is 0 Å². The molecule has 3 aromatic rings. The van der Waals surface area contributed by atoms with Crippen LogP contribution in [0.15, 0.2) is 100 Å². The van der Waals surface area contributed by atoms with Gasteiger partial charge in [0.05, 0.1) is 34.3 Å². The number of carbonyl (C=O) groups excluding carboxylic acids is 1. The number of ether oxygens (including phenoxy) is 1. The molecule has 0 spiro atoms. The molecule has 1 heterocycles. The standard InChI is InChI=1S/C25H21N5O4S/c1-2-34-25(31)24-28-29(18-12-14-19(15-13-18)30(32)33)23(35-24)16-22(17-8-4-3-5-9-17)27-21-11-7-6-10-20(21)26/h3-16H,2,26H2,1H3/b23-16-,27-22?. The summed E-state index contributed by atoms with van der Waals surface area (Å²) in [6, 6.07) is 22.7. The highest BCUT2D eigenvalue weighted by molar-refractivity contribution is 8.19. The van der Waals surface area contributed by atoms with Crippen LogP contribution >= 0.6 is 11.8 Å². The molecule has 0 atom stereocenters. The van der Waals surface area contributed by atoms with Gasteiger partial charge in [0.1, 0.15) is 5.03 Å². The van der Waals surface area contributed by atoms with Crippen molar-refractivity contribution in [1.29, 1.82) is 0 Å². The summed E-state index contributed by atoms with van der Waals surface area (Å²) < 4.78 is 5.13. The van der Waals surface area contributed by atoms with Crippen molar-refractivity contribution in [2.75, 3.05) is 17.3 Å². The van der Waals surface area contributed by atoms with Gasteiger partial charge in [-0.15, -0.1) is 0 Å². The van der Waals surface area contributed by atoms with E-state index in [4.69, 9.17) is 15.5 Å². The van der Waals surface area contributed by atoms with E-state index in [1.165, 1.54) is 17.1 Å². The van der Waals surface area contributed by atoms with Gasteiger partial charge in [-0.1, -0.05) is 42.5 Å². The van der Waals surface area contributed by atoms with E-state index in [0.717, 1.165) is 17.3 Å². The van der Waals surface area contributed by atoms with Gasteiger partial charge in [0.2, 0.25) is 5.04 Å². The van der Waals surface area contributed by atoms with Crippen LogP contribution in [0.1, 0.15) is 12.5 Å². The maximum Gasteiger partial charge on any atom is 0.365 e. The number of non-ortho nitro benzene ring substituents is 1. The first-order chi connectivity index (χ1) is 17.0. The smallest absolute Gasteiger partial charge is 0.365 e. The molecule has 1 aliphatic heterocycles. The number of allylic oxidation sites excluding steroid dienone is 1. The maximum absolute atomic E-state index is 12.4. The number of hydrazone groups is 1. The second kappa shape index (κ2) is 10.7. The maximum atomic E-state index is 12.4. The Morgan fingerprint density at radius 1 is 1.11 bits per heavy atom. The highest BCUT2D eigenvalue weighted by atomic mass is 32.2. The van der Waals surface area contributed by atoms with E-state index in [1.54, 1.807) is 31.2 Å². The molecule has 0 amide bonds. The molecule has 0 fully saturated rings. The van der Waals surface area contributed by atoms with E-state index in [0.29, 0.717) is 27.8 Å². The zero-order valence-electron chi connectivity index (χ0n) is 18.7. The number of carbonyl (C=O) groups is 1. The summed E-state index contributed by atoms with van der Waals surface area (Å²) in [7, 11) is 0. The van der Waals surface area contributed by atoms with Crippen molar-refractivity contribution in [1.82, 2.24) is 0 Å². The molecular formula is C25H21N5O4S. The Bertz CT molecular complexity index is 1340. The number of rotatable bonds is 7. The lowest BCUT2D eigenvalue weighted by Crippen LogP contribution is -2.13. The average molecular weight is 488 g/mol. The van der Waals surface area contributed by atoms with Gasteiger partial charge in [-0.2, -0.15) is 5.10 Å². The Morgan fingerprint density at radius 2 is 1.80 bits per heavy atom. The van der Waals surface area contributed by atoms with E-state index < -0.39 is 10.9 Å². The summed E-state index contributed by atoms with van der Waals surface area (Å²) in [5, 5.41) is 17.7. The minimum Gasteiger partial charge on any atom is -0.461 e. The fraction of sp³-hybridized carbons (Fsp3) is 0.0800. The second-order valence-corrected chi connectivity index (χ2v) is 8.23. The number of aliphatic imine (C=N–C) groups is 1. The summed E-state index contributed by atoms with van der Waals surface area (Å²) in [4.78, 5) is 27.8. The lowest BCUT2D eigenvalue weighted by Gasteiger charge is -2.16. The first-order valence-corrected chi connectivity index (χ1v) is 11.5. The van der Waals surface area contributed by atoms with Crippen molar-refractivity contribution in [3.05, 3.63) is 106 Å². The van der Waals surface area contributed by atoms with Crippen LogP contribution in [0.5, 0.6) is 0 Å². The molecule has 9 nitrogen and oxygen atoms in total. The number of esters is 1. The third-order valence-corrected chi connectivity index (χ3v) is 5.80. The van der Waals surface area contributed by atoms with Crippen LogP contribution in [0.3, 0.4) is 0 Å². The molecule has 1 aliphatic rings. The van der Waals surface area contributed by atoms with Gasteiger partial charge in [-0.05, 0) is 49.0 Å². The fourth-order valence-corrected chi connectivity index (χ4v) is 4.06. The summed E-state index contributed by atoms with van der Waals surface area (Å²) in [5.74, 6) is -0.557. The van der Waals surface area contributed by atoms with Crippen LogP contribution in [0.4, 0.5) is 22.7 Å². The van der Waals surface area contributed by atoms with E-state index in [9.17, 15) is 14.9 Å². The van der Waals surface area contributed by atoms with Gasteiger partial charge in [0.25, 0.3) is 5.69 Å². The van der Waals surface area contributed by atoms with Crippen molar-refractivity contribution in [3.8, 4) is 0 Å². The van der Waals surface area contributed by atoms with Crippen molar-refractivity contribution in [2.24, 2.45) is 10.1 Å². The molecule has 0 saturated carbocycles. The monoisotopic (exact) mass is 487 g/mol. The highest BCUT2D eigenvalue weighted by Gasteiger charge is 2.29. The number of benzene rings is 3. The van der Waals surface area contributed by atoms with Crippen molar-refractivity contribution >= 4 is 51.2 Å². The largest absolute Gasteiger partial charge is 0.461 e. The van der Waals surface area contributed by atoms with Crippen molar-refractivity contribution in [3.63, 3.8) is 0 Å². The Balaban J connectivity index is 1.81. The number of thioether (sulfide) groups is 1. The molecule has 4 rings (SSSR count). The molecule has 0 saturated heterocycles. The SMILES string of the molecule is CCOC(=O)C1=NN(c2ccc([N+](=O)[O-])cc2)/C(=C/C(=Nc2ccccc2N)c2ccccc2)S1. The Morgan fingerprint density at radius 3 is 2.46 bits per heavy atom. The van der Waals surface area contributed by atoms with Gasteiger partial charge >= 0.3 is 5.97 Å². The molecule has 0 radical (unpaired) electrons. The first kappa shape index (κ1) is 23.7. The second-order valence-electron chi connectivity index (χ2n) is 7.22. The van der Waals surface area contributed by atoms with E-state index in [-0.39, 0.29) is 17.3 Å². The molecule has 176 valence electrons. The molecule has 0 aromatic heterocycles. The topological polar surface area (TPSA) is 123 Å². The molecule has 0 aliphatic carbocycles. The first-order valence-electron chi connectivity index (χ1n) is 10.6. The lowest BCUT2D eigenvalue weighted by molar-refractivity contribution is -0.384. The molecule has 2 N–H and O–H groups in total. The van der Waals surface area contributed by atoms with Crippen LogP contribution in [-0.2, 0) is 9.53 Å². The summed E-state index contributed by atoms with van der Waals surface area (Å²) >= 11 is 1.13. The normalized spacial score (nSPS) is 14.7. The van der Waals surface area contributed by atoms with Crippen LogP contribution in [0.2, 0.25) is 0 Å². The van der Waals surface area contributed by atoms with E-state index >= 15 is 0 Å². The third-order valence-electron chi connectivity index (χ3n) is 4.86. The molecule has 10 heteroatoms. The Hall–Kier alpha value is -4.44. The quantitative estimate of drug-likeness (QED) is 0.158. The van der Waals surface area contributed by atoms with E-state index in [2.05, 4.69) is 5.10 Å². The number of nitrogen functional groups attached to an aromatic ring is 1. The number of nitrogens with zero attached hydrogens (tertiary/aromatic N) is 4. The third kappa shape index (κ3) is 5.56. The van der Waals surface area contributed by atoms with Crippen LogP contribution < -0.4 is 10.7 Å². The fourth-order valence-electron chi connectivity index (χ4n) is 3.19. The number of nitrogens with two attached hydrogens (primary N) is 1. The number of anilines is 2. The zero-order valence-corrected chi connectivity index (χ0v) is 19.5. The predicted octanol–water partition coefficient (Wildman–Crippen LogP) is 5.27. The minimum absolute atomic E-state index is 0.0492. The number of para-hydroxylation sites is 2. The number of hydrogen-bond acceptors (Lipinski definition) is 9. The summed E-state index contributed by atoms with van der Waals surface area (Å²) in [5.41, 5.74) is 9.16. The van der Waals surface area contributed by atoms with Crippen molar-refractivity contribution in [2.45, 2.75) is 6.92 Å².